The van der Waals surface area contributed by atoms with E-state index in [2.05, 4.69) is 5.32 Å². The number of hydrogen-bond donors (Lipinski definition) is 2. The van der Waals surface area contributed by atoms with Crippen molar-refractivity contribution < 1.29 is 19.4 Å². The maximum atomic E-state index is 12.9. The van der Waals surface area contributed by atoms with Crippen LogP contribution in [0.3, 0.4) is 0 Å². The van der Waals surface area contributed by atoms with Gasteiger partial charge >= 0.3 is 5.97 Å². The van der Waals surface area contributed by atoms with Crippen LogP contribution in [0.4, 0.5) is 0 Å². The molecule has 5 nitrogen and oxygen atoms in total. The Bertz CT molecular complexity index is 594. The molecule has 1 heterocycles. The van der Waals surface area contributed by atoms with E-state index >= 15 is 0 Å². The summed E-state index contributed by atoms with van der Waals surface area (Å²) in [5, 5.41) is 12.6. The van der Waals surface area contributed by atoms with Crippen molar-refractivity contribution >= 4 is 23.5 Å². The molecule has 0 bridgehead atoms. The van der Waals surface area contributed by atoms with Gasteiger partial charge in [0, 0.05) is 24.8 Å². The Balaban J connectivity index is 2.25. The third-order valence-electron chi connectivity index (χ3n) is 4.43. The highest BCUT2D eigenvalue weighted by Crippen LogP contribution is 2.36. The highest BCUT2D eigenvalue weighted by atomic mass is 35.5. The number of carboxylic acid groups (broad SMARTS) is 1. The lowest BCUT2D eigenvalue weighted by atomic mass is 9.73. The van der Waals surface area contributed by atoms with E-state index in [1.54, 1.807) is 26.0 Å². The van der Waals surface area contributed by atoms with Gasteiger partial charge in [-0.25, -0.2) is 0 Å². The van der Waals surface area contributed by atoms with Crippen LogP contribution in [0.15, 0.2) is 24.3 Å². The number of amides is 1. The number of benzene rings is 1. The molecule has 0 unspecified atom stereocenters. The monoisotopic (exact) mass is 339 g/mol. The Hall–Kier alpha value is -1.59. The van der Waals surface area contributed by atoms with Crippen LogP contribution >= 0.6 is 11.6 Å². The molecule has 1 aliphatic heterocycles. The molecule has 6 heteroatoms. The highest BCUT2D eigenvalue weighted by molar-refractivity contribution is 6.30. The SMILES string of the molecule is CC(C)(CNC(=O)C1(c2cccc(Cl)c2)CCOCC1)C(=O)O. The Labute approximate surface area is 141 Å². The molecule has 23 heavy (non-hydrogen) atoms. The normalized spacial score (nSPS) is 17.5. The molecule has 2 rings (SSSR count). The van der Waals surface area contributed by atoms with E-state index in [4.69, 9.17) is 16.3 Å². The van der Waals surface area contributed by atoms with Gasteiger partial charge in [0.05, 0.1) is 10.8 Å². The van der Waals surface area contributed by atoms with Crippen LogP contribution in [-0.2, 0) is 19.7 Å². The van der Waals surface area contributed by atoms with Gasteiger partial charge in [-0.15, -0.1) is 0 Å². The summed E-state index contributed by atoms with van der Waals surface area (Å²) < 4.78 is 5.40. The third-order valence-corrected chi connectivity index (χ3v) is 4.66. The van der Waals surface area contributed by atoms with E-state index in [-0.39, 0.29) is 12.5 Å². The first-order chi connectivity index (χ1) is 10.8. The number of ether oxygens (including phenoxy) is 1. The summed E-state index contributed by atoms with van der Waals surface area (Å²) in [7, 11) is 0. The maximum absolute atomic E-state index is 12.9. The number of carbonyl (C=O) groups is 2. The quantitative estimate of drug-likeness (QED) is 0.864. The Morgan fingerprint density at radius 2 is 2.00 bits per heavy atom. The van der Waals surface area contributed by atoms with Crippen LogP contribution in [0, 0.1) is 5.41 Å². The fourth-order valence-corrected chi connectivity index (χ4v) is 2.89. The minimum absolute atomic E-state index is 0.0737. The molecular weight excluding hydrogens is 318 g/mol. The van der Waals surface area contributed by atoms with Crippen molar-refractivity contribution in [1.29, 1.82) is 0 Å². The van der Waals surface area contributed by atoms with Gasteiger partial charge in [0.25, 0.3) is 0 Å². The zero-order chi connectivity index (χ0) is 17.1. The van der Waals surface area contributed by atoms with E-state index in [0.717, 1.165) is 5.56 Å². The molecule has 1 aromatic carbocycles. The fraction of sp³-hybridized carbons (Fsp3) is 0.529. The second-order valence-corrected chi connectivity index (χ2v) is 7.01. The second kappa shape index (κ2) is 6.89. The summed E-state index contributed by atoms with van der Waals surface area (Å²) in [6.07, 6.45) is 1.10. The second-order valence-electron chi connectivity index (χ2n) is 6.58. The molecule has 1 aliphatic rings. The number of nitrogens with one attached hydrogen (secondary N) is 1. The largest absolute Gasteiger partial charge is 0.481 e. The standard InChI is InChI=1S/C17H22ClNO4/c1-16(2,15(21)22)11-19-14(20)17(6-8-23-9-7-17)12-4-3-5-13(18)10-12/h3-5,10H,6-9,11H2,1-2H3,(H,19,20)(H,21,22). The van der Waals surface area contributed by atoms with E-state index in [1.165, 1.54) is 0 Å². The number of carboxylic acids is 1. The van der Waals surface area contributed by atoms with Gasteiger partial charge in [-0.1, -0.05) is 23.7 Å². The zero-order valence-corrected chi connectivity index (χ0v) is 14.2. The minimum atomic E-state index is -1.02. The molecule has 1 saturated heterocycles. The molecule has 126 valence electrons. The van der Waals surface area contributed by atoms with E-state index < -0.39 is 16.8 Å². The summed E-state index contributed by atoms with van der Waals surface area (Å²) in [6.45, 7) is 4.23. The van der Waals surface area contributed by atoms with Crippen LogP contribution in [0.2, 0.25) is 5.02 Å². The molecule has 2 N–H and O–H groups in total. The van der Waals surface area contributed by atoms with Crippen LogP contribution in [0.5, 0.6) is 0 Å². The van der Waals surface area contributed by atoms with Gasteiger partial charge < -0.3 is 15.2 Å². The van der Waals surface area contributed by atoms with Crippen LogP contribution < -0.4 is 5.32 Å². The first kappa shape index (κ1) is 17.8. The number of halogens is 1. The summed E-state index contributed by atoms with van der Waals surface area (Å²) in [5.41, 5.74) is -0.896. The molecule has 0 aromatic heterocycles. The lowest BCUT2D eigenvalue weighted by Crippen LogP contribution is -2.50. The van der Waals surface area contributed by atoms with Gasteiger partial charge in [0.1, 0.15) is 0 Å². The van der Waals surface area contributed by atoms with E-state index in [0.29, 0.717) is 31.1 Å². The molecule has 1 aromatic rings. The van der Waals surface area contributed by atoms with Gasteiger partial charge in [0.2, 0.25) is 5.91 Å². The van der Waals surface area contributed by atoms with Crippen molar-refractivity contribution in [3.05, 3.63) is 34.9 Å². The van der Waals surface area contributed by atoms with Crippen molar-refractivity contribution in [2.45, 2.75) is 32.1 Å². The molecular formula is C17H22ClNO4. The zero-order valence-electron chi connectivity index (χ0n) is 13.4. The van der Waals surface area contributed by atoms with Crippen molar-refractivity contribution in [1.82, 2.24) is 5.32 Å². The van der Waals surface area contributed by atoms with Crippen molar-refractivity contribution in [3.63, 3.8) is 0 Å². The number of hydrogen-bond acceptors (Lipinski definition) is 3. The predicted molar refractivity (Wildman–Crippen MR) is 87.6 cm³/mol. The Morgan fingerprint density at radius 3 is 2.57 bits per heavy atom. The average molecular weight is 340 g/mol. The molecule has 0 radical (unpaired) electrons. The first-order valence-electron chi connectivity index (χ1n) is 7.63. The highest BCUT2D eigenvalue weighted by Gasteiger charge is 2.42. The minimum Gasteiger partial charge on any atom is -0.481 e. The van der Waals surface area contributed by atoms with Crippen molar-refractivity contribution in [3.8, 4) is 0 Å². The first-order valence-corrected chi connectivity index (χ1v) is 8.01. The van der Waals surface area contributed by atoms with E-state index in [1.807, 2.05) is 12.1 Å². The van der Waals surface area contributed by atoms with Gasteiger partial charge in [-0.3, -0.25) is 9.59 Å². The summed E-state index contributed by atoms with van der Waals surface area (Å²) in [6, 6.07) is 7.28. The van der Waals surface area contributed by atoms with Crippen molar-refractivity contribution in [2.75, 3.05) is 19.8 Å². The third kappa shape index (κ3) is 3.85. The predicted octanol–water partition coefficient (Wildman–Crippen LogP) is 2.62. The summed E-state index contributed by atoms with van der Waals surface area (Å²) >= 11 is 6.08. The molecule has 0 spiro atoms. The van der Waals surface area contributed by atoms with Crippen LogP contribution in [0.25, 0.3) is 0 Å². The van der Waals surface area contributed by atoms with Crippen LogP contribution in [-0.4, -0.2) is 36.7 Å². The lowest BCUT2D eigenvalue weighted by Gasteiger charge is -2.37. The van der Waals surface area contributed by atoms with Gasteiger partial charge in [-0.2, -0.15) is 0 Å². The molecule has 0 aliphatic carbocycles. The smallest absolute Gasteiger partial charge is 0.310 e. The molecule has 1 fully saturated rings. The van der Waals surface area contributed by atoms with Crippen LogP contribution in [0.1, 0.15) is 32.3 Å². The number of carbonyl (C=O) groups excluding carboxylic acids is 1. The van der Waals surface area contributed by atoms with E-state index in [9.17, 15) is 14.7 Å². The topological polar surface area (TPSA) is 75.6 Å². The van der Waals surface area contributed by atoms with Crippen molar-refractivity contribution in [2.24, 2.45) is 5.41 Å². The number of rotatable bonds is 5. The van der Waals surface area contributed by atoms with Gasteiger partial charge in [0.15, 0.2) is 0 Å². The Kier molecular flexibility index (Phi) is 5.32. The molecule has 0 saturated carbocycles. The lowest BCUT2D eigenvalue weighted by molar-refractivity contribution is -0.147. The average Bonchev–Trinajstić information content (AvgIpc) is 2.53. The summed E-state index contributed by atoms with van der Waals surface area (Å²) in [5.74, 6) is -1.11. The summed E-state index contributed by atoms with van der Waals surface area (Å²) in [4.78, 5) is 24.1. The molecule has 1 amide bonds. The fourth-order valence-electron chi connectivity index (χ4n) is 2.70. The Morgan fingerprint density at radius 1 is 1.35 bits per heavy atom. The van der Waals surface area contributed by atoms with Gasteiger partial charge in [-0.05, 0) is 44.4 Å². The maximum Gasteiger partial charge on any atom is 0.310 e. The molecule has 0 atom stereocenters. The number of aliphatic carboxylic acids is 1.